The van der Waals surface area contributed by atoms with E-state index < -0.39 is 29.0 Å². The molecule has 3 heterocycles. The number of hydrogen-bond donors (Lipinski definition) is 2. The summed E-state index contributed by atoms with van der Waals surface area (Å²) in [5, 5.41) is 3.34. The Hall–Kier alpha value is -3.18. The van der Waals surface area contributed by atoms with Crippen LogP contribution in [0.4, 0.5) is 24.9 Å². The standard InChI is InChI=1S/C21H21ClF3N7O/c1-10(26)18(33)32-5-4-31-17(30-20-27-8-12(22)9-28-20)16(29-19(31)21(32,2)3)11-6-13(23)15(25)14(24)7-11/h6-10H,4-5,26H2,1-3H3,(H,27,28,30)/t10-/m0/s1. The van der Waals surface area contributed by atoms with Gasteiger partial charge >= 0.3 is 0 Å². The number of halogens is 4. The molecule has 33 heavy (non-hydrogen) atoms. The van der Waals surface area contributed by atoms with Gasteiger partial charge in [0.15, 0.2) is 17.5 Å². The van der Waals surface area contributed by atoms with Crippen LogP contribution in [0.25, 0.3) is 11.3 Å². The molecule has 0 bridgehead atoms. The maximum Gasteiger partial charge on any atom is 0.240 e. The fourth-order valence-electron chi connectivity index (χ4n) is 3.87. The van der Waals surface area contributed by atoms with Crippen LogP contribution in [0, 0.1) is 17.5 Å². The van der Waals surface area contributed by atoms with Crippen molar-refractivity contribution in [1.82, 2.24) is 24.4 Å². The van der Waals surface area contributed by atoms with Crippen LogP contribution in [0.15, 0.2) is 24.5 Å². The van der Waals surface area contributed by atoms with Gasteiger partial charge in [0, 0.05) is 18.7 Å². The van der Waals surface area contributed by atoms with Crippen molar-refractivity contribution in [3.8, 4) is 11.3 Å². The average Bonchev–Trinajstić information content (AvgIpc) is 3.12. The molecule has 0 radical (unpaired) electrons. The maximum absolute atomic E-state index is 14.0. The molecule has 1 atom stereocenters. The Labute approximate surface area is 192 Å². The van der Waals surface area contributed by atoms with Crippen LogP contribution in [0.5, 0.6) is 0 Å². The largest absolute Gasteiger partial charge is 0.327 e. The van der Waals surface area contributed by atoms with Gasteiger partial charge in [-0.25, -0.2) is 28.1 Å². The minimum absolute atomic E-state index is 0.00522. The van der Waals surface area contributed by atoms with E-state index >= 15 is 0 Å². The SMILES string of the molecule is C[C@H](N)C(=O)N1CCn2c(nc(-c3cc(F)c(F)c(F)c3)c2Nc2ncc(Cl)cn2)C1(C)C. The zero-order chi connectivity index (χ0) is 24.1. The fourth-order valence-corrected chi connectivity index (χ4v) is 3.97. The molecule has 12 heteroatoms. The maximum atomic E-state index is 14.0. The minimum atomic E-state index is -1.58. The molecule has 0 spiro atoms. The molecule has 8 nitrogen and oxygen atoms in total. The number of imidazole rings is 1. The summed E-state index contributed by atoms with van der Waals surface area (Å²) in [6.07, 6.45) is 2.77. The predicted molar refractivity (Wildman–Crippen MR) is 116 cm³/mol. The topological polar surface area (TPSA) is 102 Å². The number of hydrogen-bond acceptors (Lipinski definition) is 6. The first-order valence-electron chi connectivity index (χ1n) is 10.1. The zero-order valence-electron chi connectivity index (χ0n) is 18.0. The van der Waals surface area contributed by atoms with Gasteiger partial charge in [0.05, 0.1) is 29.0 Å². The van der Waals surface area contributed by atoms with Gasteiger partial charge in [0.2, 0.25) is 11.9 Å². The number of amides is 1. The number of nitrogens with one attached hydrogen (secondary N) is 1. The second-order valence-corrected chi connectivity index (χ2v) is 8.66. The van der Waals surface area contributed by atoms with Crippen molar-refractivity contribution in [3.63, 3.8) is 0 Å². The average molecular weight is 480 g/mol. The van der Waals surface area contributed by atoms with Gasteiger partial charge in [-0.15, -0.1) is 0 Å². The summed E-state index contributed by atoms with van der Waals surface area (Å²) in [4.78, 5) is 27.1. The molecule has 1 aliphatic rings. The number of nitrogens with zero attached hydrogens (tertiary/aromatic N) is 5. The number of benzene rings is 1. The third kappa shape index (κ3) is 4.02. The molecule has 2 aromatic heterocycles. The van der Waals surface area contributed by atoms with Gasteiger partial charge in [0.25, 0.3) is 0 Å². The molecule has 1 aliphatic heterocycles. The molecule has 3 N–H and O–H groups in total. The van der Waals surface area contributed by atoms with E-state index in [0.717, 1.165) is 12.1 Å². The molecule has 0 fully saturated rings. The molecule has 0 aliphatic carbocycles. The number of anilines is 2. The first-order valence-corrected chi connectivity index (χ1v) is 10.5. The van der Waals surface area contributed by atoms with E-state index in [1.807, 2.05) is 0 Å². The Morgan fingerprint density at radius 1 is 1.18 bits per heavy atom. The van der Waals surface area contributed by atoms with Crippen LogP contribution in [0.2, 0.25) is 5.02 Å². The number of carbonyl (C=O) groups excluding carboxylic acids is 1. The Bertz CT molecular complexity index is 1200. The number of aromatic nitrogens is 4. The van der Waals surface area contributed by atoms with E-state index in [-0.39, 0.29) is 23.1 Å². The summed E-state index contributed by atoms with van der Waals surface area (Å²) in [5.41, 5.74) is 5.06. The summed E-state index contributed by atoms with van der Waals surface area (Å²) < 4.78 is 43.5. The quantitative estimate of drug-likeness (QED) is 0.555. The highest BCUT2D eigenvalue weighted by Crippen LogP contribution is 2.39. The lowest BCUT2D eigenvalue weighted by atomic mass is 9.98. The van der Waals surface area contributed by atoms with Gasteiger partial charge in [0.1, 0.15) is 17.3 Å². The molecule has 0 unspecified atom stereocenters. The number of carbonyl (C=O) groups is 1. The zero-order valence-corrected chi connectivity index (χ0v) is 18.8. The summed E-state index contributed by atoms with van der Waals surface area (Å²) in [7, 11) is 0. The molecule has 0 saturated carbocycles. The van der Waals surface area contributed by atoms with E-state index in [0.29, 0.717) is 29.8 Å². The van der Waals surface area contributed by atoms with Crippen molar-refractivity contribution < 1.29 is 18.0 Å². The van der Waals surface area contributed by atoms with Crippen molar-refractivity contribution in [1.29, 1.82) is 0 Å². The molecule has 0 saturated heterocycles. The van der Waals surface area contributed by atoms with Crippen molar-refractivity contribution >= 4 is 29.3 Å². The third-order valence-corrected chi connectivity index (χ3v) is 5.70. The van der Waals surface area contributed by atoms with Gasteiger partial charge in [-0.3, -0.25) is 4.79 Å². The first-order chi connectivity index (χ1) is 15.5. The third-order valence-electron chi connectivity index (χ3n) is 5.50. The van der Waals surface area contributed by atoms with E-state index in [2.05, 4.69) is 20.3 Å². The lowest BCUT2D eigenvalue weighted by Crippen LogP contribution is -2.55. The van der Waals surface area contributed by atoms with E-state index in [1.165, 1.54) is 12.4 Å². The van der Waals surface area contributed by atoms with Crippen molar-refractivity contribution in [2.45, 2.75) is 38.9 Å². The van der Waals surface area contributed by atoms with Crippen molar-refractivity contribution in [2.75, 3.05) is 11.9 Å². The van der Waals surface area contributed by atoms with Crippen LogP contribution in [0.3, 0.4) is 0 Å². The number of fused-ring (bicyclic) bond motifs is 1. The molecular weight excluding hydrogens is 459 g/mol. The molecular formula is C21H21ClF3N7O. The number of nitrogens with two attached hydrogens (primary N) is 1. The second-order valence-electron chi connectivity index (χ2n) is 8.23. The summed E-state index contributed by atoms with van der Waals surface area (Å²) in [6, 6.07) is 1.00. The highest BCUT2D eigenvalue weighted by atomic mass is 35.5. The predicted octanol–water partition coefficient (Wildman–Crippen LogP) is 3.58. The van der Waals surface area contributed by atoms with Gasteiger partial charge in [-0.1, -0.05) is 11.6 Å². The molecule has 1 aromatic carbocycles. The van der Waals surface area contributed by atoms with Crippen LogP contribution in [0.1, 0.15) is 26.6 Å². The van der Waals surface area contributed by atoms with E-state index in [9.17, 15) is 18.0 Å². The van der Waals surface area contributed by atoms with Crippen LogP contribution < -0.4 is 11.1 Å². The van der Waals surface area contributed by atoms with Crippen LogP contribution in [-0.4, -0.2) is 42.9 Å². The van der Waals surface area contributed by atoms with Crippen LogP contribution in [-0.2, 0) is 16.9 Å². The smallest absolute Gasteiger partial charge is 0.240 e. The molecule has 174 valence electrons. The number of rotatable bonds is 4. The summed E-state index contributed by atoms with van der Waals surface area (Å²) in [6.45, 7) is 5.82. The summed E-state index contributed by atoms with van der Waals surface area (Å²) >= 11 is 5.86. The van der Waals surface area contributed by atoms with E-state index in [4.69, 9.17) is 17.3 Å². The van der Waals surface area contributed by atoms with Gasteiger partial charge in [-0.2, -0.15) is 0 Å². The second kappa shape index (κ2) is 8.31. The Morgan fingerprint density at radius 3 is 2.36 bits per heavy atom. The Kier molecular flexibility index (Phi) is 5.79. The minimum Gasteiger partial charge on any atom is -0.327 e. The van der Waals surface area contributed by atoms with Gasteiger partial charge < -0.3 is 20.5 Å². The van der Waals surface area contributed by atoms with Crippen LogP contribution >= 0.6 is 11.6 Å². The molecule has 4 rings (SSSR count). The Morgan fingerprint density at radius 2 is 1.79 bits per heavy atom. The Balaban J connectivity index is 1.90. The fraction of sp³-hybridized carbons (Fsp3) is 0.333. The van der Waals surface area contributed by atoms with Gasteiger partial charge in [-0.05, 0) is 32.9 Å². The highest BCUT2D eigenvalue weighted by Gasteiger charge is 2.42. The molecule has 3 aromatic rings. The lowest BCUT2D eigenvalue weighted by molar-refractivity contribution is -0.139. The normalized spacial score (nSPS) is 15.8. The van der Waals surface area contributed by atoms with E-state index in [1.54, 1.807) is 30.2 Å². The first kappa shape index (κ1) is 23.0. The summed E-state index contributed by atoms with van der Waals surface area (Å²) in [5.74, 6) is -3.59. The highest BCUT2D eigenvalue weighted by molar-refractivity contribution is 6.30. The van der Waals surface area contributed by atoms with Crippen molar-refractivity contribution in [2.24, 2.45) is 5.73 Å². The lowest BCUT2D eigenvalue weighted by Gasteiger charge is -2.43. The molecule has 1 amide bonds. The monoisotopic (exact) mass is 479 g/mol. The van der Waals surface area contributed by atoms with Crippen molar-refractivity contribution in [3.05, 3.63) is 52.8 Å².